The van der Waals surface area contributed by atoms with Crippen molar-refractivity contribution >= 4 is 5.97 Å². The van der Waals surface area contributed by atoms with E-state index in [0.29, 0.717) is 12.2 Å². The van der Waals surface area contributed by atoms with Crippen molar-refractivity contribution in [2.45, 2.75) is 6.61 Å². The zero-order chi connectivity index (χ0) is 16.8. The Morgan fingerprint density at radius 3 is 2.04 bits per heavy atom. The lowest BCUT2D eigenvalue weighted by molar-refractivity contribution is 0.0600. The van der Waals surface area contributed by atoms with Gasteiger partial charge >= 0.3 is 5.97 Å². The Morgan fingerprint density at radius 1 is 0.792 bits per heavy atom. The van der Waals surface area contributed by atoms with Gasteiger partial charge in [-0.25, -0.2) is 4.79 Å². The molecule has 0 fully saturated rings. The van der Waals surface area contributed by atoms with Crippen LogP contribution in [-0.2, 0) is 11.3 Å². The predicted octanol–water partition coefficient (Wildman–Crippen LogP) is 4.72. The van der Waals surface area contributed by atoms with Crippen LogP contribution in [0.3, 0.4) is 0 Å². The number of benzene rings is 3. The number of esters is 1. The first-order chi connectivity index (χ1) is 11.8. The van der Waals surface area contributed by atoms with Crippen LogP contribution < -0.4 is 4.74 Å². The Morgan fingerprint density at radius 2 is 1.42 bits per heavy atom. The van der Waals surface area contributed by atoms with Crippen molar-refractivity contribution in [3.63, 3.8) is 0 Å². The average molecular weight is 318 g/mol. The number of hydrogen-bond donors (Lipinski definition) is 0. The molecule has 0 aliphatic rings. The molecule has 0 radical (unpaired) electrons. The number of rotatable bonds is 5. The summed E-state index contributed by atoms with van der Waals surface area (Å²) in [6.45, 7) is 0.451. The molecule has 3 heteroatoms. The van der Waals surface area contributed by atoms with Crippen molar-refractivity contribution in [3.8, 4) is 16.9 Å². The summed E-state index contributed by atoms with van der Waals surface area (Å²) in [4.78, 5) is 11.4. The molecule has 120 valence electrons. The zero-order valence-corrected chi connectivity index (χ0v) is 13.4. The third-order valence-electron chi connectivity index (χ3n) is 3.74. The van der Waals surface area contributed by atoms with Gasteiger partial charge in [-0.3, -0.25) is 0 Å². The molecule has 0 aliphatic carbocycles. The van der Waals surface area contributed by atoms with E-state index in [2.05, 4.69) is 16.9 Å². The molecule has 0 aliphatic heterocycles. The van der Waals surface area contributed by atoms with E-state index in [-0.39, 0.29) is 5.97 Å². The number of ether oxygens (including phenoxy) is 2. The van der Waals surface area contributed by atoms with Crippen molar-refractivity contribution < 1.29 is 14.3 Å². The molecule has 0 aromatic heterocycles. The monoisotopic (exact) mass is 318 g/mol. The fourth-order valence-corrected chi connectivity index (χ4v) is 2.40. The van der Waals surface area contributed by atoms with Gasteiger partial charge in [0.2, 0.25) is 0 Å². The fraction of sp³-hybridized carbons (Fsp3) is 0.0952. The minimum atomic E-state index is -0.334. The van der Waals surface area contributed by atoms with Crippen LogP contribution in [0.1, 0.15) is 15.9 Å². The maximum Gasteiger partial charge on any atom is 0.337 e. The van der Waals surface area contributed by atoms with Crippen LogP contribution >= 0.6 is 0 Å². The lowest BCUT2D eigenvalue weighted by Crippen LogP contribution is -2.01. The highest BCUT2D eigenvalue weighted by Crippen LogP contribution is 2.22. The van der Waals surface area contributed by atoms with Crippen LogP contribution in [0.15, 0.2) is 78.9 Å². The Hall–Kier alpha value is -3.07. The lowest BCUT2D eigenvalue weighted by atomic mass is 10.1. The van der Waals surface area contributed by atoms with E-state index in [4.69, 9.17) is 4.74 Å². The van der Waals surface area contributed by atoms with E-state index in [9.17, 15) is 4.79 Å². The van der Waals surface area contributed by atoms with Crippen LogP contribution in [0.2, 0.25) is 0 Å². The lowest BCUT2D eigenvalue weighted by Gasteiger charge is -2.08. The quantitative estimate of drug-likeness (QED) is 0.639. The summed E-state index contributed by atoms with van der Waals surface area (Å²) in [7, 11) is 1.37. The molecule has 0 amide bonds. The molecule has 0 spiro atoms. The summed E-state index contributed by atoms with van der Waals surface area (Å²) in [6, 6.07) is 25.5. The molecule has 3 rings (SSSR count). The van der Waals surface area contributed by atoms with Crippen molar-refractivity contribution in [3.05, 3.63) is 90.0 Å². The third-order valence-corrected chi connectivity index (χ3v) is 3.74. The van der Waals surface area contributed by atoms with Gasteiger partial charge in [-0.05, 0) is 41.0 Å². The number of hydrogen-bond acceptors (Lipinski definition) is 3. The van der Waals surface area contributed by atoms with Crippen molar-refractivity contribution in [2.75, 3.05) is 7.11 Å². The van der Waals surface area contributed by atoms with Gasteiger partial charge in [0, 0.05) is 0 Å². The van der Waals surface area contributed by atoms with Crippen LogP contribution in [0.4, 0.5) is 0 Å². The van der Waals surface area contributed by atoms with Gasteiger partial charge in [0.15, 0.2) is 0 Å². The van der Waals surface area contributed by atoms with Gasteiger partial charge in [0.1, 0.15) is 12.4 Å². The molecule has 0 heterocycles. The number of carbonyl (C=O) groups is 1. The summed E-state index contributed by atoms with van der Waals surface area (Å²) in [6.07, 6.45) is 0. The predicted molar refractivity (Wildman–Crippen MR) is 94.0 cm³/mol. The van der Waals surface area contributed by atoms with Crippen LogP contribution in [-0.4, -0.2) is 13.1 Å². The maximum absolute atomic E-state index is 11.4. The van der Waals surface area contributed by atoms with Crippen LogP contribution in [0, 0.1) is 0 Å². The van der Waals surface area contributed by atoms with Crippen molar-refractivity contribution in [2.24, 2.45) is 0 Å². The van der Waals surface area contributed by atoms with E-state index >= 15 is 0 Å². The smallest absolute Gasteiger partial charge is 0.337 e. The first kappa shape index (κ1) is 15.8. The summed E-state index contributed by atoms with van der Waals surface area (Å²) >= 11 is 0. The van der Waals surface area contributed by atoms with E-state index in [1.165, 1.54) is 12.7 Å². The second kappa shape index (κ2) is 7.47. The topological polar surface area (TPSA) is 35.5 Å². The molecule has 3 aromatic rings. The van der Waals surface area contributed by atoms with Gasteiger partial charge in [0.05, 0.1) is 12.7 Å². The van der Waals surface area contributed by atoms with Gasteiger partial charge in [-0.2, -0.15) is 0 Å². The number of methoxy groups -OCH3 is 1. The van der Waals surface area contributed by atoms with E-state index < -0.39 is 0 Å². The fourth-order valence-electron chi connectivity index (χ4n) is 2.40. The summed E-state index contributed by atoms with van der Waals surface area (Å²) < 4.78 is 10.5. The molecule has 3 aromatic carbocycles. The Labute approximate surface area is 141 Å². The third kappa shape index (κ3) is 3.82. The standard InChI is InChI=1S/C21H18O3/c1-23-21(22)19-9-7-16(8-10-19)15-24-20-13-11-18(12-14-20)17-5-3-2-4-6-17/h2-14H,15H2,1H3. The molecule has 0 bridgehead atoms. The largest absolute Gasteiger partial charge is 0.489 e. The van der Waals surface area contributed by atoms with Crippen molar-refractivity contribution in [1.29, 1.82) is 0 Å². The summed E-state index contributed by atoms with van der Waals surface area (Å²) in [5.41, 5.74) is 3.87. The Balaban J connectivity index is 1.61. The molecular formula is C21H18O3. The zero-order valence-electron chi connectivity index (χ0n) is 13.4. The maximum atomic E-state index is 11.4. The Bertz CT molecular complexity index is 791. The molecule has 3 nitrogen and oxygen atoms in total. The first-order valence-corrected chi connectivity index (χ1v) is 7.72. The van der Waals surface area contributed by atoms with Gasteiger partial charge in [0.25, 0.3) is 0 Å². The highest BCUT2D eigenvalue weighted by Gasteiger charge is 2.04. The molecular weight excluding hydrogens is 300 g/mol. The molecule has 0 atom stereocenters. The van der Waals surface area contributed by atoms with Gasteiger partial charge in [-0.15, -0.1) is 0 Å². The van der Waals surface area contributed by atoms with E-state index in [0.717, 1.165) is 16.9 Å². The summed E-state index contributed by atoms with van der Waals surface area (Å²) in [5.74, 6) is 0.477. The van der Waals surface area contributed by atoms with Gasteiger partial charge in [-0.1, -0.05) is 54.6 Å². The second-order valence-electron chi connectivity index (χ2n) is 5.37. The average Bonchev–Trinajstić information content (AvgIpc) is 2.67. The highest BCUT2D eigenvalue weighted by atomic mass is 16.5. The van der Waals surface area contributed by atoms with Gasteiger partial charge < -0.3 is 9.47 Å². The molecule has 0 N–H and O–H groups in total. The number of carbonyl (C=O) groups excluding carboxylic acids is 1. The Kier molecular flexibility index (Phi) is 4.92. The van der Waals surface area contributed by atoms with E-state index in [1.807, 2.05) is 54.6 Å². The normalized spacial score (nSPS) is 10.2. The highest BCUT2D eigenvalue weighted by molar-refractivity contribution is 5.89. The molecule has 0 unspecified atom stereocenters. The molecule has 24 heavy (non-hydrogen) atoms. The molecule has 0 saturated heterocycles. The minimum absolute atomic E-state index is 0.334. The first-order valence-electron chi connectivity index (χ1n) is 7.72. The van der Waals surface area contributed by atoms with Crippen molar-refractivity contribution in [1.82, 2.24) is 0 Å². The van der Waals surface area contributed by atoms with Crippen LogP contribution in [0.25, 0.3) is 11.1 Å². The summed E-state index contributed by atoms with van der Waals surface area (Å²) in [5, 5.41) is 0. The van der Waals surface area contributed by atoms with E-state index in [1.54, 1.807) is 12.1 Å². The second-order valence-corrected chi connectivity index (χ2v) is 5.37. The molecule has 0 saturated carbocycles. The minimum Gasteiger partial charge on any atom is -0.489 e. The van der Waals surface area contributed by atoms with Crippen LogP contribution in [0.5, 0.6) is 5.75 Å². The SMILES string of the molecule is COC(=O)c1ccc(COc2ccc(-c3ccccc3)cc2)cc1.